The van der Waals surface area contributed by atoms with Crippen LogP contribution in [0.2, 0.25) is 0 Å². The van der Waals surface area contributed by atoms with Crippen molar-refractivity contribution in [2.45, 2.75) is 19.3 Å². The Morgan fingerprint density at radius 1 is 0.478 bits per heavy atom. The lowest BCUT2D eigenvalue weighted by atomic mass is 9.82. The van der Waals surface area contributed by atoms with Crippen molar-refractivity contribution >= 4 is 21.9 Å². The van der Waals surface area contributed by atoms with Crippen molar-refractivity contribution in [3.8, 4) is 56.7 Å². The first kappa shape index (κ1) is 26.5. The van der Waals surface area contributed by atoms with Crippen LogP contribution in [-0.2, 0) is 5.41 Å². The Kier molecular flexibility index (Phi) is 5.78. The second-order valence-corrected chi connectivity index (χ2v) is 12.3. The van der Waals surface area contributed by atoms with Crippen LogP contribution in [0.4, 0.5) is 0 Å². The predicted molar refractivity (Wildman–Crippen MR) is 184 cm³/mol. The van der Waals surface area contributed by atoms with Gasteiger partial charge in [-0.05, 0) is 45.8 Å². The molecule has 5 heteroatoms. The second kappa shape index (κ2) is 10.0. The van der Waals surface area contributed by atoms with Crippen LogP contribution in [0, 0.1) is 0 Å². The zero-order valence-electron chi connectivity index (χ0n) is 25.4. The number of nitrogens with zero attached hydrogens (tertiary/aromatic N) is 4. The molecule has 0 aliphatic heterocycles. The van der Waals surface area contributed by atoms with Crippen molar-refractivity contribution < 1.29 is 4.42 Å². The minimum atomic E-state index is -0.135. The minimum absolute atomic E-state index is 0.135. The topological polar surface area (TPSA) is 64.7 Å². The third-order valence-electron chi connectivity index (χ3n) is 9.18. The largest absolute Gasteiger partial charge is 0.435 e. The fourth-order valence-electron chi connectivity index (χ4n) is 6.92. The summed E-state index contributed by atoms with van der Waals surface area (Å²) in [5.41, 5.74) is 10.1. The van der Waals surface area contributed by atoms with Gasteiger partial charge in [-0.15, -0.1) is 0 Å². The highest BCUT2D eigenvalue weighted by Gasteiger charge is 2.37. The van der Waals surface area contributed by atoms with Crippen LogP contribution < -0.4 is 0 Å². The molecule has 218 valence electrons. The monoisotopic (exact) mass is 592 g/mol. The molecule has 8 aromatic rings. The van der Waals surface area contributed by atoms with Gasteiger partial charge in [-0.3, -0.25) is 0 Å². The summed E-state index contributed by atoms with van der Waals surface area (Å²) in [5.74, 6) is 2.43. The van der Waals surface area contributed by atoms with Gasteiger partial charge >= 0.3 is 0 Å². The highest BCUT2D eigenvalue weighted by molar-refractivity contribution is 6.10. The fourth-order valence-corrected chi connectivity index (χ4v) is 6.92. The number of benzene rings is 6. The highest BCUT2D eigenvalue weighted by atomic mass is 16.3. The Morgan fingerprint density at radius 3 is 1.89 bits per heavy atom. The van der Waals surface area contributed by atoms with E-state index in [0.29, 0.717) is 28.9 Å². The van der Waals surface area contributed by atoms with Crippen LogP contribution in [0.1, 0.15) is 25.0 Å². The van der Waals surface area contributed by atoms with E-state index >= 15 is 0 Å². The summed E-state index contributed by atoms with van der Waals surface area (Å²) in [4.78, 5) is 20.3. The molecule has 5 nitrogen and oxygen atoms in total. The lowest BCUT2D eigenvalue weighted by Gasteiger charge is -2.21. The van der Waals surface area contributed by atoms with E-state index in [4.69, 9.17) is 24.4 Å². The van der Waals surface area contributed by atoms with E-state index in [0.717, 1.165) is 38.5 Å². The first-order valence-corrected chi connectivity index (χ1v) is 15.5. The Labute approximate surface area is 266 Å². The molecule has 0 bridgehead atoms. The zero-order chi connectivity index (χ0) is 30.8. The average Bonchev–Trinajstić information content (AvgIpc) is 3.66. The van der Waals surface area contributed by atoms with Crippen molar-refractivity contribution in [2.24, 2.45) is 0 Å². The summed E-state index contributed by atoms with van der Waals surface area (Å²) in [7, 11) is 0. The average molecular weight is 593 g/mol. The number of hydrogen-bond donors (Lipinski definition) is 0. The van der Waals surface area contributed by atoms with Gasteiger partial charge in [0.1, 0.15) is 5.52 Å². The van der Waals surface area contributed by atoms with E-state index in [1.54, 1.807) is 0 Å². The Morgan fingerprint density at radius 2 is 1.09 bits per heavy atom. The molecule has 0 saturated heterocycles. The maximum absolute atomic E-state index is 6.50. The molecule has 1 aliphatic carbocycles. The smallest absolute Gasteiger partial charge is 0.227 e. The van der Waals surface area contributed by atoms with Crippen molar-refractivity contribution in [2.75, 3.05) is 0 Å². The molecule has 0 spiro atoms. The Bertz CT molecular complexity index is 2450. The van der Waals surface area contributed by atoms with Crippen molar-refractivity contribution in [3.05, 3.63) is 145 Å². The number of oxazole rings is 1. The van der Waals surface area contributed by atoms with Gasteiger partial charge in [0.15, 0.2) is 23.1 Å². The maximum Gasteiger partial charge on any atom is 0.227 e. The van der Waals surface area contributed by atoms with E-state index in [1.165, 1.54) is 22.3 Å². The van der Waals surface area contributed by atoms with Gasteiger partial charge in [0.05, 0.1) is 0 Å². The van der Waals surface area contributed by atoms with Crippen molar-refractivity contribution in [3.63, 3.8) is 0 Å². The molecule has 0 amide bonds. The third kappa shape index (κ3) is 4.02. The lowest BCUT2D eigenvalue weighted by molar-refractivity contribution is 0.623. The van der Waals surface area contributed by atoms with E-state index in [1.807, 2.05) is 72.8 Å². The minimum Gasteiger partial charge on any atom is -0.435 e. The Balaban J connectivity index is 1.32. The number of rotatable bonds is 4. The van der Waals surface area contributed by atoms with Gasteiger partial charge < -0.3 is 4.42 Å². The number of fused-ring (bicyclic) bond motifs is 6. The van der Waals surface area contributed by atoms with Gasteiger partial charge in [-0.1, -0.05) is 129 Å². The molecule has 9 rings (SSSR count). The molecule has 6 aromatic carbocycles. The van der Waals surface area contributed by atoms with E-state index in [-0.39, 0.29) is 5.41 Å². The molecule has 0 radical (unpaired) electrons. The van der Waals surface area contributed by atoms with Gasteiger partial charge in [0.25, 0.3) is 0 Å². The quantitative estimate of drug-likeness (QED) is 0.203. The normalized spacial score (nSPS) is 13.2. The van der Waals surface area contributed by atoms with Crippen LogP contribution in [-0.4, -0.2) is 19.9 Å². The van der Waals surface area contributed by atoms with E-state index in [2.05, 4.69) is 74.5 Å². The molecule has 0 N–H and O–H groups in total. The van der Waals surface area contributed by atoms with Gasteiger partial charge in [0.2, 0.25) is 5.89 Å². The standard InChI is InChI=1S/C41H28N4O/c1-41(2)31-21-10-9-18-28(31)35-30(20-12-22-32(35)41)39-44-37(26-13-5-3-6-14-26)43-38(45-39)29-19-11-17-25-23-24-33-36(34(25)29)46-40(42-33)27-15-7-4-8-16-27/h3-24H,1-2H3. The van der Waals surface area contributed by atoms with Crippen LogP contribution in [0.3, 0.4) is 0 Å². The molecule has 0 saturated carbocycles. The van der Waals surface area contributed by atoms with E-state index in [9.17, 15) is 0 Å². The van der Waals surface area contributed by atoms with Gasteiger partial charge in [0, 0.05) is 33.1 Å². The third-order valence-corrected chi connectivity index (χ3v) is 9.18. The molecular weight excluding hydrogens is 564 g/mol. The summed E-state index contributed by atoms with van der Waals surface area (Å²) in [6.45, 7) is 4.58. The molecular formula is C41H28N4O. The number of hydrogen-bond acceptors (Lipinski definition) is 5. The molecule has 0 unspecified atom stereocenters. The molecule has 0 atom stereocenters. The summed E-state index contributed by atoms with van der Waals surface area (Å²) in [6.07, 6.45) is 0. The highest BCUT2D eigenvalue weighted by Crippen LogP contribution is 2.51. The Hall–Kier alpha value is -5.94. The summed E-state index contributed by atoms with van der Waals surface area (Å²) in [6, 6.07) is 45.6. The summed E-state index contributed by atoms with van der Waals surface area (Å²) >= 11 is 0. The first-order valence-electron chi connectivity index (χ1n) is 15.5. The first-order chi connectivity index (χ1) is 22.6. The maximum atomic E-state index is 6.50. The molecule has 1 aliphatic rings. The molecule has 0 fully saturated rings. The van der Waals surface area contributed by atoms with Crippen molar-refractivity contribution in [1.82, 2.24) is 19.9 Å². The predicted octanol–water partition coefficient (Wildman–Crippen LogP) is 10.1. The number of aromatic nitrogens is 4. The SMILES string of the molecule is CC1(C)c2ccccc2-c2c(-c3nc(-c4ccccc4)nc(-c4cccc5ccc6nc(-c7ccccc7)oc6c45)n3)cccc21. The van der Waals surface area contributed by atoms with Crippen LogP contribution >= 0.6 is 0 Å². The van der Waals surface area contributed by atoms with Crippen LogP contribution in [0.15, 0.2) is 138 Å². The van der Waals surface area contributed by atoms with Gasteiger partial charge in [-0.2, -0.15) is 0 Å². The summed E-state index contributed by atoms with van der Waals surface area (Å²) in [5, 5.41) is 1.95. The zero-order valence-corrected chi connectivity index (χ0v) is 25.4. The second-order valence-electron chi connectivity index (χ2n) is 12.3. The molecule has 2 aromatic heterocycles. The van der Waals surface area contributed by atoms with Crippen molar-refractivity contribution in [1.29, 1.82) is 0 Å². The lowest BCUT2D eigenvalue weighted by Crippen LogP contribution is -2.14. The van der Waals surface area contributed by atoms with E-state index < -0.39 is 0 Å². The van der Waals surface area contributed by atoms with Gasteiger partial charge in [-0.25, -0.2) is 19.9 Å². The van der Waals surface area contributed by atoms with Crippen LogP contribution in [0.5, 0.6) is 0 Å². The molecule has 2 heterocycles. The van der Waals surface area contributed by atoms with Crippen LogP contribution in [0.25, 0.3) is 78.6 Å². The summed E-state index contributed by atoms with van der Waals surface area (Å²) < 4.78 is 6.50. The molecule has 46 heavy (non-hydrogen) atoms. The fraction of sp³-hybridized carbons (Fsp3) is 0.0732.